The first-order valence-electron chi connectivity index (χ1n) is 6.27. The van der Waals surface area contributed by atoms with Crippen LogP contribution in [0.3, 0.4) is 0 Å². The Hall–Kier alpha value is -1.94. The summed E-state index contributed by atoms with van der Waals surface area (Å²) in [6.07, 6.45) is 3.87. The molecule has 96 valence electrons. The number of fused-ring (bicyclic) bond motifs is 1. The molecule has 0 amide bonds. The Balaban J connectivity index is 1.75. The average molecular weight is 269 g/mol. The van der Waals surface area contributed by atoms with Crippen LogP contribution in [0, 0.1) is 6.92 Å². The molecule has 0 bridgehead atoms. The molecule has 2 N–H and O–H groups in total. The van der Waals surface area contributed by atoms with Crippen molar-refractivity contribution in [1.29, 1.82) is 0 Å². The van der Waals surface area contributed by atoms with Gasteiger partial charge in [-0.1, -0.05) is 23.5 Å². The van der Waals surface area contributed by atoms with Crippen molar-refractivity contribution in [1.82, 2.24) is 9.97 Å². The molecule has 0 aliphatic carbocycles. The van der Waals surface area contributed by atoms with E-state index >= 15 is 0 Å². The van der Waals surface area contributed by atoms with Gasteiger partial charge < -0.3 is 5.73 Å². The largest absolute Gasteiger partial charge is 0.375 e. The lowest BCUT2D eigenvalue weighted by atomic mass is 10.1. The standard InChI is InChI=1S/C15H15N3S/c1-10-2-5-12(17-9-10)6-3-11-4-7-13-14(8-11)19-15(16)18-13/h2,4-5,7-9H,3,6H2,1H3,(H2,16,18). The minimum Gasteiger partial charge on any atom is -0.375 e. The van der Waals surface area contributed by atoms with Gasteiger partial charge in [-0.25, -0.2) is 4.98 Å². The number of benzene rings is 1. The van der Waals surface area contributed by atoms with Crippen LogP contribution < -0.4 is 5.73 Å². The van der Waals surface area contributed by atoms with E-state index in [2.05, 4.69) is 41.2 Å². The number of aryl methyl sites for hydroxylation is 3. The molecule has 4 heteroatoms. The number of nitrogens with zero attached hydrogens (tertiary/aromatic N) is 2. The summed E-state index contributed by atoms with van der Waals surface area (Å²) in [6, 6.07) is 10.5. The highest BCUT2D eigenvalue weighted by Gasteiger charge is 2.03. The molecule has 0 fully saturated rings. The predicted molar refractivity (Wildman–Crippen MR) is 80.4 cm³/mol. The van der Waals surface area contributed by atoms with Crippen LogP contribution in [0.15, 0.2) is 36.5 Å². The van der Waals surface area contributed by atoms with E-state index in [-0.39, 0.29) is 0 Å². The SMILES string of the molecule is Cc1ccc(CCc2ccc3nc(N)sc3c2)nc1. The van der Waals surface area contributed by atoms with Gasteiger partial charge in [-0.2, -0.15) is 0 Å². The van der Waals surface area contributed by atoms with Crippen molar-refractivity contribution in [3.8, 4) is 0 Å². The van der Waals surface area contributed by atoms with Gasteiger partial charge in [-0.15, -0.1) is 0 Å². The second-order valence-corrected chi connectivity index (χ2v) is 5.74. The summed E-state index contributed by atoms with van der Waals surface area (Å²) in [5.74, 6) is 0. The first-order valence-corrected chi connectivity index (χ1v) is 7.09. The minimum absolute atomic E-state index is 0.632. The third kappa shape index (κ3) is 2.74. The fourth-order valence-corrected chi connectivity index (χ4v) is 2.86. The van der Waals surface area contributed by atoms with Crippen molar-refractivity contribution >= 4 is 26.7 Å². The van der Waals surface area contributed by atoms with E-state index in [0.717, 1.165) is 28.8 Å². The van der Waals surface area contributed by atoms with Gasteiger partial charge >= 0.3 is 0 Å². The van der Waals surface area contributed by atoms with Crippen LogP contribution in [-0.4, -0.2) is 9.97 Å². The van der Waals surface area contributed by atoms with E-state index in [1.165, 1.54) is 11.1 Å². The van der Waals surface area contributed by atoms with E-state index in [1.54, 1.807) is 11.3 Å². The van der Waals surface area contributed by atoms with E-state index in [1.807, 2.05) is 12.3 Å². The molecule has 2 heterocycles. The van der Waals surface area contributed by atoms with E-state index in [0.29, 0.717) is 5.13 Å². The molecule has 3 aromatic rings. The lowest BCUT2D eigenvalue weighted by Crippen LogP contribution is -1.94. The third-order valence-corrected chi connectivity index (χ3v) is 3.96. The number of rotatable bonds is 3. The molecule has 3 rings (SSSR count). The highest BCUT2D eigenvalue weighted by Crippen LogP contribution is 2.25. The number of thiazole rings is 1. The molecule has 0 spiro atoms. The smallest absolute Gasteiger partial charge is 0.181 e. The summed E-state index contributed by atoms with van der Waals surface area (Å²) >= 11 is 1.54. The maximum absolute atomic E-state index is 5.72. The molecule has 19 heavy (non-hydrogen) atoms. The fourth-order valence-electron chi connectivity index (χ4n) is 2.06. The molecule has 0 atom stereocenters. The Morgan fingerprint density at radius 1 is 1.16 bits per heavy atom. The summed E-state index contributed by atoms with van der Waals surface area (Å²) in [7, 11) is 0. The van der Waals surface area contributed by atoms with Gasteiger partial charge in [0.1, 0.15) is 0 Å². The van der Waals surface area contributed by atoms with Gasteiger partial charge in [0, 0.05) is 11.9 Å². The summed E-state index contributed by atoms with van der Waals surface area (Å²) in [5, 5.41) is 0.632. The highest BCUT2D eigenvalue weighted by atomic mass is 32.1. The van der Waals surface area contributed by atoms with Crippen LogP contribution in [-0.2, 0) is 12.8 Å². The van der Waals surface area contributed by atoms with E-state index in [4.69, 9.17) is 5.73 Å². The Bertz CT molecular complexity index is 701. The molecule has 1 aromatic carbocycles. The van der Waals surface area contributed by atoms with Crippen molar-refractivity contribution in [3.63, 3.8) is 0 Å². The Labute approximate surface area is 116 Å². The van der Waals surface area contributed by atoms with Gasteiger partial charge in [-0.3, -0.25) is 4.98 Å². The monoisotopic (exact) mass is 269 g/mol. The quantitative estimate of drug-likeness (QED) is 0.793. The van der Waals surface area contributed by atoms with E-state index < -0.39 is 0 Å². The zero-order valence-electron chi connectivity index (χ0n) is 10.8. The van der Waals surface area contributed by atoms with Crippen molar-refractivity contribution < 1.29 is 0 Å². The van der Waals surface area contributed by atoms with Crippen LogP contribution >= 0.6 is 11.3 Å². The molecule has 3 nitrogen and oxygen atoms in total. The van der Waals surface area contributed by atoms with Crippen molar-refractivity contribution in [3.05, 3.63) is 53.3 Å². The van der Waals surface area contributed by atoms with Crippen LogP contribution in [0.1, 0.15) is 16.8 Å². The van der Waals surface area contributed by atoms with Gasteiger partial charge in [0.15, 0.2) is 5.13 Å². The average Bonchev–Trinajstić information content (AvgIpc) is 2.77. The molecular formula is C15H15N3S. The predicted octanol–water partition coefficient (Wildman–Crippen LogP) is 3.37. The summed E-state index contributed by atoms with van der Waals surface area (Å²) < 4.78 is 1.16. The van der Waals surface area contributed by atoms with Crippen molar-refractivity contribution in [2.75, 3.05) is 5.73 Å². The molecule has 0 aliphatic rings. The van der Waals surface area contributed by atoms with Gasteiger partial charge in [0.05, 0.1) is 10.2 Å². The number of nitrogens with two attached hydrogens (primary N) is 1. The van der Waals surface area contributed by atoms with Crippen LogP contribution in [0.2, 0.25) is 0 Å². The number of nitrogen functional groups attached to an aromatic ring is 1. The first-order chi connectivity index (χ1) is 9.20. The molecule has 0 saturated carbocycles. The van der Waals surface area contributed by atoms with Gasteiger partial charge in [0.25, 0.3) is 0 Å². The highest BCUT2D eigenvalue weighted by molar-refractivity contribution is 7.22. The van der Waals surface area contributed by atoms with E-state index in [9.17, 15) is 0 Å². The number of aromatic nitrogens is 2. The normalized spacial score (nSPS) is 11.0. The Morgan fingerprint density at radius 2 is 2.05 bits per heavy atom. The molecule has 0 unspecified atom stereocenters. The molecular weight excluding hydrogens is 254 g/mol. The number of hydrogen-bond donors (Lipinski definition) is 1. The number of pyridine rings is 1. The minimum atomic E-state index is 0.632. The second kappa shape index (κ2) is 4.97. The van der Waals surface area contributed by atoms with Gasteiger partial charge in [0.2, 0.25) is 0 Å². The maximum Gasteiger partial charge on any atom is 0.181 e. The summed E-state index contributed by atoms with van der Waals surface area (Å²) in [5.41, 5.74) is 10.3. The van der Waals surface area contributed by atoms with Crippen molar-refractivity contribution in [2.24, 2.45) is 0 Å². The fraction of sp³-hybridized carbons (Fsp3) is 0.200. The van der Waals surface area contributed by atoms with Crippen LogP contribution in [0.4, 0.5) is 5.13 Å². The lowest BCUT2D eigenvalue weighted by Gasteiger charge is -2.02. The second-order valence-electron chi connectivity index (χ2n) is 4.68. The number of hydrogen-bond acceptors (Lipinski definition) is 4. The summed E-state index contributed by atoms with van der Waals surface area (Å²) in [4.78, 5) is 8.70. The van der Waals surface area contributed by atoms with Gasteiger partial charge in [-0.05, 0) is 49.1 Å². The molecule has 0 aliphatic heterocycles. The van der Waals surface area contributed by atoms with Crippen LogP contribution in [0.5, 0.6) is 0 Å². The molecule has 0 saturated heterocycles. The topological polar surface area (TPSA) is 51.8 Å². The Morgan fingerprint density at radius 3 is 2.84 bits per heavy atom. The summed E-state index contributed by atoms with van der Waals surface area (Å²) in [6.45, 7) is 2.05. The maximum atomic E-state index is 5.72. The number of anilines is 1. The zero-order chi connectivity index (χ0) is 13.2. The first kappa shape index (κ1) is 12.1. The van der Waals surface area contributed by atoms with Crippen LogP contribution in [0.25, 0.3) is 10.2 Å². The third-order valence-electron chi connectivity index (χ3n) is 3.11. The van der Waals surface area contributed by atoms with Crippen molar-refractivity contribution in [2.45, 2.75) is 19.8 Å². The Kier molecular flexibility index (Phi) is 3.17. The lowest BCUT2D eigenvalue weighted by molar-refractivity contribution is 0.912. The molecule has 2 aromatic heterocycles. The zero-order valence-corrected chi connectivity index (χ0v) is 11.6. The molecule has 0 radical (unpaired) electrons.